The molecule has 0 unspecified atom stereocenters. The van der Waals surface area contributed by atoms with E-state index in [-0.39, 0.29) is 0 Å². The monoisotopic (exact) mass is 476 g/mol. The smallest absolute Gasteiger partial charge is 0.166 e. The fourth-order valence-electron chi connectivity index (χ4n) is 4.37. The highest BCUT2D eigenvalue weighted by Crippen LogP contribution is 2.33. The lowest BCUT2D eigenvalue weighted by Crippen LogP contribution is -2.02. The van der Waals surface area contributed by atoms with E-state index in [0.717, 1.165) is 33.4 Å². The van der Waals surface area contributed by atoms with Gasteiger partial charge < -0.3 is 5.73 Å². The van der Waals surface area contributed by atoms with Crippen molar-refractivity contribution in [3.8, 4) is 56.4 Å². The number of hydrogen-bond donors (Lipinski definition) is 1. The maximum Gasteiger partial charge on any atom is 0.166 e. The largest absolute Gasteiger partial charge is 0.398 e. The molecule has 4 nitrogen and oxygen atoms in total. The van der Waals surface area contributed by atoms with Crippen LogP contribution in [0, 0.1) is 0 Å². The number of hydrogen-bond acceptors (Lipinski definition) is 4. The first-order valence-electron chi connectivity index (χ1n) is 12.2. The predicted molar refractivity (Wildman–Crippen MR) is 151 cm³/mol. The Bertz CT molecular complexity index is 1610. The first-order valence-corrected chi connectivity index (χ1v) is 12.2. The van der Waals surface area contributed by atoms with Crippen molar-refractivity contribution < 1.29 is 0 Å². The summed E-state index contributed by atoms with van der Waals surface area (Å²) in [5.41, 5.74) is 14.2. The van der Waals surface area contributed by atoms with Crippen LogP contribution < -0.4 is 5.73 Å². The fraction of sp³-hybridized carbons (Fsp3) is 0. The normalized spacial score (nSPS) is 10.8. The quantitative estimate of drug-likeness (QED) is 0.258. The van der Waals surface area contributed by atoms with E-state index in [1.165, 1.54) is 5.56 Å². The Morgan fingerprint density at radius 1 is 0.351 bits per heavy atom. The second kappa shape index (κ2) is 9.88. The van der Waals surface area contributed by atoms with Crippen molar-refractivity contribution in [3.63, 3.8) is 0 Å². The molecule has 0 saturated heterocycles. The summed E-state index contributed by atoms with van der Waals surface area (Å²) in [7, 11) is 0. The average molecular weight is 477 g/mol. The van der Waals surface area contributed by atoms with Crippen LogP contribution in [0.15, 0.2) is 133 Å². The van der Waals surface area contributed by atoms with Crippen molar-refractivity contribution in [2.45, 2.75) is 0 Å². The summed E-state index contributed by atoms with van der Waals surface area (Å²) in [6.07, 6.45) is 0. The van der Waals surface area contributed by atoms with Crippen molar-refractivity contribution in [1.29, 1.82) is 0 Å². The number of benzene rings is 5. The summed E-state index contributed by atoms with van der Waals surface area (Å²) in [6.45, 7) is 0. The molecule has 4 heteroatoms. The predicted octanol–water partition coefficient (Wildman–Crippen LogP) is 7.79. The summed E-state index contributed by atoms with van der Waals surface area (Å²) in [4.78, 5) is 14.5. The van der Waals surface area contributed by atoms with E-state index in [4.69, 9.17) is 20.7 Å². The van der Waals surface area contributed by atoms with Gasteiger partial charge in [0, 0.05) is 22.4 Å². The topological polar surface area (TPSA) is 64.7 Å². The minimum absolute atomic E-state index is 0.547. The first-order chi connectivity index (χ1) is 18.2. The number of nitrogen functional groups attached to an aromatic ring is 1. The third kappa shape index (κ3) is 4.73. The molecule has 2 N–H and O–H groups in total. The molecule has 0 aliphatic heterocycles. The van der Waals surface area contributed by atoms with Crippen LogP contribution in [0.2, 0.25) is 0 Å². The summed E-state index contributed by atoms with van der Waals surface area (Å²) < 4.78 is 0. The minimum Gasteiger partial charge on any atom is -0.398 e. The van der Waals surface area contributed by atoms with Crippen molar-refractivity contribution in [2.24, 2.45) is 0 Å². The van der Waals surface area contributed by atoms with E-state index in [1.807, 2.05) is 78.9 Å². The van der Waals surface area contributed by atoms with Gasteiger partial charge in [-0.3, -0.25) is 0 Å². The third-order valence-electron chi connectivity index (χ3n) is 6.30. The van der Waals surface area contributed by atoms with Gasteiger partial charge in [-0.1, -0.05) is 115 Å². The fourth-order valence-corrected chi connectivity index (χ4v) is 4.37. The molecule has 0 spiro atoms. The molecule has 1 aromatic heterocycles. The van der Waals surface area contributed by atoms with Crippen LogP contribution in [-0.2, 0) is 0 Å². The minimum atomic E-state index is 0.547. The van der Waals surface area contributed by atoms with Crippen LogP contribution in [-0.4, -0.2) is 15.0 Å². The molecule has 1 heterocycles. The zero-order valence-electron chi connectivity index (χ0n) is 20.1. The van der Waals surface area contributed by atoms with E-state index >= 15 is 0 Å². The van der Waals surface area contributed by atoms with Crippen molar-refractivity contribution in [3.05, 3.63) is 133 Å². The van der Waals surface area contributed by atoms with E-state index in [1.54, 1.807) is 0 Å². The Kier molecular flexibility index (Phi) is 5.97. The van der Waals surface area contributed by atoms with Gasteiger partial charge in [-0.15, -0.1) is 0 Å². The molecule has 0 bridgehead atoms. The Hall–Kier alpha value is -5.09. The van der Waals surface area contributed by atoms with E-state index in [9.17, 15) is 0 Å². The van der Waals surface area contributed by atoms with Crippen molar-refractivity contribution in [2.75, 3.05) is 5.73 Å². The number of aromatic nitrogens is 3. The van der Waals surface area contributed by atoms with Crippen LogP contribution in [0.5, 0.6) is 0 Å². The molecular weight excluding hydrogens is 452 g/mol. The molecule has 6 rings (SSSR count). The van der Waals surface area contributed by atoms with Gasteiger partial charge in [0.1, 0.15) is 0 Å². The standard InChI is InChI=1S/C33H24N4/c34-30-20-19-28(27-18-10-17-26(21-27)23-11-4-1-5-12-23)22-29(30)33-36-31(24-13-6-2-7-14-24)35-32(37-33)25-15-8-3-9-16-25/h1-22H,34H2. The number of rotatable bonds is 5. The SMILES string of the molecule is Nc1ccc(-c2cccc(-c3ccccc3)c2)cc1-c1nc(-c2ccccc2)nc(-c2ccccc2)n1. The molecule has 0 saturated carbocycles. The molecule has 0 aliphatic rings. The first kappa shape index (κ1) is 22.4. The Morgan fingerprint density at radius 2 is 0.784 bits per heavy atom. The lowest BCUT2D eigenvalue weighted by atomic mass is 9.97. The Morgan fingerprint density at radius 3 is 1.35 bits per heavy atom. The molecule has 6 aromatic rings. The molecule has 5 aromatic carbocycles. The maximum absolute atomic E-state index is 6.50. The van der Waals surface area contributed by atoms with Gasteiger partial charge in [0.2, 0.25) is 0 Å². The van der Waals surface area contributed by atoms with E-state index < -0.39 is 0 Å². The molecule has 0 atom stereocenters. The molecule has 176 valence electrons. The van der Waals surface area contributed by atoms with Gasteiger partial charge in [0.25, 0.3) is 0 Å². The Balaban J connectivity index is 1.48. The van der Waals surface area contributed by atoms with Gasteiger partial charge in [-0.05, 0) is 40.5 Å². The van der Waals surface area contributed by atoms with Crippen LogP contribution in [0.4, 0.5) is 5.69 Å². The van der Waals surface area contributed by atoms with Gasteiger partial charge in [-0.2, -0.15) is 0 Å². The number of nitrogens with two attached hydrogens (primary N) is 1. The second-order valence-electron chi connectivity index (χ2n) is 8.79. The molecule has 0 aliphatic carbocycles. The third-order valence-corrected chi connectivity index (χ3v) is 6.30. The molecule has 0 fully saturated rings. The second-order valence-corrected chi connectivity index (χ2v) is 8.79. The van der Waals surface area contributed by atoms with Crippen molar-refractivity contribution in [1.82, 2.24) is 15.0 Å². The highest BCUT2D eigenvalue weighted by molar-refractivity contribution is 5.81. The molecule has 37 heavy (non-hydrogen) atoms. The number of anilines is 1. The Labute approximate surface area is 216 Å². The number of nitrogens with zero attached hydrogens (tertiary/aromatic N) is 3. The van der Waals surface area contributed by atoms with Crippen LogP contribution in [0.1, 0.15) is 0 Å². The zero-order chi connectivity index (χ0) is 25.0. The summed E-state index contributed by atoms with van der Waals surface area (Å²) in [6, 6.07) is 44.8. The summed E-state index contributed by atoms with van der Waals surface area (Å²) in [5.74, 6) is 1.77. The van der Waals surface area contributed by atoms with Crippen LogP contribution >= 0.6 is 0 Å². The lowest BCUT2D eigenvalue weighted by molar-refractivity contribution is 1.07. The lowest BCUT2D eigenvalue weighted by Gasteiger charge is -2.12. The van der Waals surface area contributed by atoms with E-state index in [0.29, 0.717) is 23.2 Å². The summed E-state index contributed by atoms with van der Waals surface area (Å²) in [5, 5.41) is 0. The van der Waals surface area contributed by atoms with Gasteiger partial charge >= 0.3 is 0 Å². The summed E-state index contributed by atoms with van der Waals surface area (Å²) >= 11 is 0. The highest BCUT2D eigenvalue weighted by Gasteiger charge is 2.15. The van der Waals surface area contributed by atoms with Gasteiger partial charge in [0.15, 0.2) is 17.5 Å². The van der Waals surface area contributed by atoms with Crippen LogP contribution in [0.3, 0.4) is 0 Å². The molecule has 0 radical (unpaired) electrons. The van der Waals surface area contributed by atoms with Crippen LogP contribution in [0.25, 0.3) is 56.4 Å². The van der Waals surface area contributed by atoms with Crippen molar-refractivity contribution >= 4 is 5.69 Å². The molecule has 0 amide bonds. The van der Waals surface area contributed by atoms with Gasteiger partial charge in [-0.25, -0.2) is 15.0 Å². The zero-order valence-corrected chi connectivity index (χ0v) is 20.1. The molecular formula is C33H24N4. The van der Waals surface area contributed by atoms with Gasteiger partial charge in [0.05, 0.1) is 0 Å². The maximum atomic E-state index is 6.50. The average Bonchev–Trinajstić information content (AvgIpc) is 2.98. The van der Waals surface area contributed by atoms with E-state index in [2.05, 4.69) is 54.6 Å². The highest BCUT2D eigenvalue weighted by atomic mass is 15.0.